The number of pyridine rings is 1. The molecule has 0 bridgehead atoms. The Morgan fingerprint density at radius 3 is 3.00 bits per heavy atom. The maximum atomic E-state index is 13.0. The van der Waals surface area contributed by atoms with Crippen LogP contribution in [-0.4, -0.2) is 25.2 Å². The molecule has 28 heavy (non-hydrogen) atoms. The van der Waals surface area contributed by atoms with Crippen LogP contribution in [-0.2, 0) is 24.4 Å². The number of carbonyl (C=O) groups is 1. The Morgan fingerprint density at radius 1 is 1.39 bits per heavy atom. The van der Waals surface area contributed by atoms with Crippen LogP contribution in [0.4, 0.5) is 0 Å². The number of hydrogen-bond donors (Lipinski definition) is 1. The summed E-state index contributed by atoms with van der Waals surface area (Å²) in [5.41, 5.74) is 2.26. The summed E-state index contributed by atoms with van der Waals surface area (Å²) in [6, 6.07) is 7.35. The second kappa shape index (κ2) is 7.15. The number of furan rings is 1. The van der Waals surface area contributed by atoms with Crippen LogP contribution < -0.4 is 10.9 Å². The minimum Gasteiger partial charge on any atom is -0.459 e. The molecular weight excluding hydrogens is 358 g/mol. The van der Waals surface area contributed by atoms with E-state index in [1.807, 2.05) is 29.7 Å². The lowest BCUT2D eigenvalue weighted by Gasteiger charge is -2.08. The maximum Gasteiger partial charge on any atom is 0.291 e. The first-order valence-electron chi connectivity index (χ1n) is 8.84. The minimum atomic E-state index is -0.351. The second-order valence-corrected chi connectivity index (χ2v) is 6.44. The zero-order chi connectivity index (χ0) is 19.7. The van der Waals surface area contributed by atoms with Crippen molar-refractivity contribution in [1.29, 1.82) is 0 Å². The number of nitrogens with zero attached hydrogens (tertiary/aromatic N) is 4. The van der Waals surface area contributed by atoms with Gasteiger partial charge in [0, 0.05) is 18.8 Å². The van der Waals surface area contributed by atoms with Crippen LogP contribution in [0.1, 0.15) is 11.5 Å². The summed E-state index contributed by atoms with van der Waals surface area (Å²) in [5, 5.41) is 7.54. The summed E-state index contributed by atoms with van der Waals surface area (Å²) in [6.07, 6.45) is 4.94. The third kappa shape index (κ3) is 3.09. The lowest BCUT2D eigenvalue weighted by molar-refractivity contribution is -0.122. The highest BCUT2D eigenvalue weighted by molar-refractivity contribution is 6.04. The molecule has 4 rings (SSSR count). The molecule has 142 valence electrons. The normalized spacial score (nSPS) is 11.2. The number of nitrogens with one attached hydrogen (secondary N) is 1. The highest BCUT2D eigenvalue weighted by Crippen LogP contribution is 2.29. The summed E-state index contributed by atoms with van der Waals surface area (Å²) in [5.74, 6) is 0.434. The molecule has 0 aliphatic carbocycles. The second-order valence-electron chi connectivity index (χ2n) is 6.44. The minimum absolute atomic E-state index is 0.179. The first-order valence-corrected chi connectivity index (χ1v) is 8.84. The Kier molecular flexibility index (Phi) is 4.52. The number of allylic oxidation sites excluding steroid dienone is 1. The van der Waals surface area contributed by atoms with Gasteiger partial charge in [-0.1, -0.05) is 12.1 Å². The van der Waals surface area contributed by atoms with Crippen molar-refractivity contribution in [2.45, 2.75) is 26.6 Å². The van der Waals surface area contributed by atoms with Gasteiger partial charge >= 0.3 is 0 Å². The van der Waals surface area contributed by atoms with Crippen LogP contribution in [0.25, 0.3) is 22.0 Å². The Hall–Kier alpha value is -3.68. The first-order chi connectivity index (χ1) is 13.6. The smallest absolute Gasteiger partial charge is 0.291 e. The number of rotatable bonds is 6. The van der Waals surface area contributed by atoms with Gasteiger partial charge in [-0.2, -0.15) is 5.10 Å². The van der Waals surface area contributed by atoms with Gasteiger partial charge in [0.05, 0.1) is 29.3 Å². The quantitative estimate of drug-likeness (QED) is 0.520. The van der Waals surface area contributed by atoms with E-state index in [0.717, 1.165) is 21.7 Å². The van der Waals surface area contributed by atoms with E-state index in [1.54, 1.807) is 24.5 Å². The number of aryl methyl sites for hydroxylation is 1. The van der Waals surface area contributed by atoms with Crippen molar-refractivity contribution in [2.75, 3.05) is 0 Å². The Balaban J connectivity index is 1.65. The zero-order valence-corrected chi connectivity index (χ0v) is 15.4. The molecule has 0 saturated heterocycles. The van der Waals surface area contributed by atoms with Crippen LogP contribution in [0.3, 0.4) is 0 Å². The molecule has 0 spiro atoms. The van der Waals surface area contributed by atoms with Gasteiger partial charge in [-0.3, -0.25) is 14.6 Å². The summed E-state index contributed by atoms with van der Waals surface area (Å²) >= 11 is 0. The van der Waals surface area contributed by atoms with E-state index in [-0.39, 0.29) is 24.6 Å². The van der Waals surface area contributed by atoms with Gasteiger partial charge in [0.1, 0.15) is 17.8 Å². The number of amides is 1. The van der Waals surface area contributed by atoms with Gasteiger partial charge < -0.3 is 14.3 Å². The van der Waals surface area contributed by atoms with Crippen molar-refractivity contribution in [3.63, 3.8) is 0 Å². The number of hydrogen-bond acceptors (Lipinski definition) is 5. The van der Waals surface area contributed by atoms with Gasteiger partial charge in [0.2, 0.25) is 5.91 Å². The van der Waals surface area contributed by atoms with E-state index < -0.39 is 0 Å². The van der Waals surface area contributed by atoms with Gasteiger partial charge in [-0.05, 0) is 19.1 Å². The average molecular weight is 377 g/mol. The molecule has 0 unspecified atom stereocenters. The fraction of sp³-hybridized carbons (Fsp3) is 0.200. The van der Waals surface area contributed by atoms with Gasteiger partial charge in [-0.25, -0.2) is 4.68 Å². The average Bonchev–Trinajstić information content (AvgIpc) is 3.20. The predicted molar refractivity (Wildman–Crippen MR) is 105 cm³/mol. The monoisotopic (exact) mass is 377 g/mol. The number of aromatic nitrogens is 4. The Bertz CT molecular complexity index is 1230. The third-order valence-electron chi connectivity index (χ3n) is 4.46. The van der Waals surface area contributed by atoms with Crippen LogP contribution in [0, 0.1) is 6.92 Å². The molecule has 0 radical (unpaired) electrons. The van der Waals surface area contributed by atoms with Crippen LogP contribution >= 0.6 is 0 Å². The molecule has 4 aromatic rings. The molecular formula is C20H19N5O3. The SMILES string of the molecule is C=CCn1c2cc(C)oc2c2cnn(CC(=O)NCc3ccccn3)c(=O)c21. The summed E-state index contributed by atoms with van der Waals surface area (Å²) < 4.78 is 8.73. The summed E-state index contributed by atoms with van der Waals surface area (Å²) in [7, 11) is 0. The lowest BCUT2D eigenvalue weighted by Crippen LogP contribution is -2.34. The number of carbonyl (C=O) groups excluding carboxylic acids is 1. The first kappa shape index (κ1) is 17.7. The molecule has 8 nitrogen and oxygen atoms in total. The summed E-state index contributed by atoms with van der Waals surface area (Å²) in [4.78, 5) is 29.4. The van der Waals surface area contributed by atoms with E-state index in [0.29, 0.717) is 23.0 Å². The topological polar surface area (TPSA) is 94.9 Å². The summed E-state index contributed by atoms with van der Waals surface area (Å²) in [6.45, 7) is 6.17. The van der Waals surface area contributed by atoms with Crippen LogP contribution in [0.15, 0.2) is 58.5 Å². The van der Waals surface area contributed by atoms with Crippen molar-refractivity contribution < 1.29 is 9.21 Å². The maximum absolute atomic E-state index is 13.0. The Morgan fingerprint density at radius 2 is 2.25 bits per heavy atom. The number of fused-ring (bicyclic) bond motifs is 3. The van der Waals surface area contributed by atoms with Crippen molar-refractivity contribution >= 4 is 27.9 Å². The molecule has 1 amide bonds. The van der Waals surface area contributed by atoms with Crippen LogP contribution in [0.5, 0.6) is 0 Å². The molecule has 1 N–H and O–H groups in total. The molecule has 4 aromatic heterocycles. The van der Waals surface area contributed by atoms with Crippen molar-refractivity contribution in [2.24, 2.45) is 0 Å². The Labute approximate surface area is 160 Å². The predicted octanol–water partition coefficient (Wildman–Crippen LogP) is 2.15. The van der Waals surface area contributed by atoms with Crippen LogP contribution in [0.2, 0.25) is 0 Å². The fourth-order valence-corrected chi connectivity index (χ4v) is 3.24. The van der Waals surface area contributed by atoms with E-state index >= 15 is 0 Å². The molecule has 0 aliphatic rings. The molecule has 0 aliphatic heterocycles. The molecule has 4 heterocycles. The molecule has 0 fully saturated rings. The van der Waals surface area contributed by atoms with E-state index in [4.69, 9.17) is 4.42 Å². The van der Waals surface area contributed by atoms with Crippen molar-refractivity contribution in [3.05, 3.63) is 71.1 Å². The van der Waals surface area contributed by atoms with Gasteiger partial charge in [0.15, 0.2) is 5.58 Å². The van der Waals surface area contributed by atoms with E-state index in [2.05, 4.69) is 22.0 Å². The highest BCUT2D eigenvalue weighted by Gasteiger charge is 2.19. The van der Waals surface area contributed by atoms with E-state index in [9.17, 15) is 9.59 Å². The zero-order valence-electron chi connectivity index (χ0n) is 15.4. The lowest BCUT2D eigenvalue weighted by atomic mass is 10.3. The van der Waals surface area contributed by atoms with Gasteiger partial charge in [-0.15, -0.1) is 6.58 Å². The van der Waals surface area contributed by atoms with E-state index in [1.165, 1.54) is 0 Å². The molecule has 8 heteroatoms. The fourth-order valence-electron chi connectivity index (χ4n) is 3.24. The molecule has 0 saturated carbocycles. The molecule has 0 aromatic carbocycles. The van der Waals surface area contributed by atoms with Crippen molar-refractivity contribution in [3.8, 4) is 0 Å². The largest absolute Gasteiger partial charge is 0.459 e. The van der Waals surface area contributed by atoms with Gasteiger partial charge in [0.25, 0.3) is 5.56 Å². The molecule has 0 atom stereocenters. The van der Waals surface area contributed by atoms with Crippen molar-refractivity contribution in [1.82, 2.24) is 24.6 Å². The third-order valence-corrected chi connectivity index (χ3v) is 4.46. The standard InChI is InChI=1S/C20H19N5O3/c1-3-8-24-16-9-13(2)28-19(16)15-11-23-25(20(27)18(15)24)12-17(26)22-10-14-6-4-5-7-21-14/h3-7,9,11H,1,8,10,12H2,2H3,(H,22,26). The highest BCUT2D eigenvalue weighted by atomic mass is 16.3.